The molecule has 2 aromatic rings. The number of nitrogens with one attached hydrogen (secondary N) is 1. The first-order valence-corrected chi connectivity index (χ1v) is 8.87. The van der Waals surface area contributed by atoms with Crippen LogP contribution in [0.25, 0.3) is 0 Å². The van der Waals surface area contributed by atoms with Crippen LogP contribution >= 0.6 is 11.3 Å². The standard InChI is InChI=1S/C17H20N4O2S/c18-8-7-15-20-14(11-24-15)17(23)19-10-12-3-5-13(6-4-12)21-9-1-2-16(21)22/h3-6,11H,1-2,7-10,18H2,(H,19,23). The van der Waals surface area contributed by atoms with Gasteiger partial charge in [0.05, 0.1) is 5.01 Å². The first-order chi connectivity index (χ1) is 11.7. The van der Waals surface area contributed by atoms with E-state index in [-0.39, 0.29) is 11.8 Å². The van der Waals surface area contributed by atoms with Crippen molar-refractivity contribution < 1.29 is 9.59 Å². The lowest BCUT2D eigenvalue weighted by Crippen LogP contribution is -2.24. The van der Waals surface area contributed by atoms with Gasteiger partial charge in [0.25, 0.3) is 5.91 Å². The summed E-state index contributed by atoms with van der Waals surface area (Å²) in [5, 5.41) is 5.49. The summed E-state index contributed by atoms with van der Waals surface area (Å²) in [6.45, 7) is 1.74. The summed E-state index contributed by atoms with van der Waals surface area (Å²) in [5.41, 5.74) is 7.82. The van der Waals surface area contributed by atoms with E-state index in [1.54, 1.807) is 10.3 Å². The molecular formula is C17H20N4O2S. The number of aromatic nitrogens is 1. The zero-order valence-electron chi connectivity index (χ0n) is 13.3. The molecule has 0 bridgehead atoms. The smallest absolute Gasteiger partial charge is 0.271 e. The second kappa shape index (κ2) is 7.55. The topological polar surface area (TPSA) is 88.3 Å². The highest BCUT2D eigenvalue weighted by molar-refractivity contribution is 7.09. The summed E-state index contributed by atoms with van der Waals surface area (Å²) in [5.74, 6) is -0.0128. The zero-order chi connectivity index (χ0) is 16.9. The molecule has 0 unspecified atom stereocenters. The molecule has 1 aromatic heterocycles. The van der Waals surface area contributed by atoms with Gasteiger partial charge in [0.1, 0.15) is 5.69 Å². The number of hydrogen-bond acceptors (Lipinski definition) is 5. The second-order valence-corrected chi connectivity index (χ2v) is 6.61. The van der Waals surface area contributed by atoms with E-state index in [4.69, 9.17) is 5.73 Å². The van der Waals surface area contributed by atoms with Gasteiger partial charge in [-0.1, -0.05) is 12.1 Å². The quantitative estimate of drug-likeness (QED) is 0.835. The number of carbonyl (C=O) groups is 2. The van der Waals surface area contributed by atoms with Crippen LogP contribution in [-0.4, -0.2) is 29.9 Å². The Morgan fingerprint density at radius 1 is 1.33 bits per heavy atom. The van der Waals surface area contributed by atoms with Crippen LogP contribution in [0.15, 0.2) is 29.6 Å². The van der Waals surface area contributed by atoms with E-state index < -0.39 is 0 Å². The molecule has 3 N–H and O–H groups in total. The minimum atomic E-state index is -0.187. The van der Waals surface area contributed by atoms with Gasteiger partial charge in [-0.25, -0.2) is 4.98 Å². The number of nitrogens with two attached hydrogens (primary N) is 1. The van der Waals surface area contributed by atoms with Gasteiger partial charge in [-0.15, -0.1) is 11.3 Å². The van der Waals surface area contributed by atoms with Crippen LogP contribution in [0.2, 0.25) is 0 Å². The van der Waals surface area contributed by atoms with Crippen molar-refractivity contribution in [3.8, 4) is 0 Å². The largest absolute Gasteiger partial charge is 0.347 e. The van der Waals surface area contributed by atoms with E-state index in [1.165, 1.54) is 11.3 Å². The average Bonchev–Trinajstić information content (AvgIpc) is 3.23. The Hall–Kier alpha value is -2.25. The fourth-order valence-corrected chi connectivity index (χ4v) is 3.44. The minimum absolute atomic E-state index is 0.174. The molecule has 1 fully saturated rings. The molecule has 0 radical (unpaired) electrons. The molecule has 0 spiro atoms. The predicted octanol–water partition coefficient (Wildman–Crippen LogP) is 1.70. The van der Waals surface area contributed by atoms with Gasteiger partial charge in [-0.2, -0.15) is 0 Å². The molecule has 126 valence electrons. The van der Waals surface area contributed by atoms with Gasteiger partial charge in [-0.05, 0) is 30.7 Å². The monoisotopic (exact) mass is 344 g/mol. The van der Waals surface area contributed by atoms with Crippen molar-refractivity contribution >= 4 is 28.8 Å². The fraction of sp³-hybridized carbons (Fsp3) is 0.353. The number of amides is 2. The van der Waals surface area contributed by atoms with Crippen molar-refractivity contribution in [2.45, 2.75) is 25.8 Å². The third-order valence-electron chi connectivity index (χ3n) is 3.92. The maximum Gasteiger partial charge on any atom is 0.271 e. The minimum Gasteiger partial charge on any atom is -0.347 e. The molecule has 0 aliphatic carbocycles. The van der Waals surface area contributed by atoms with E-state index in [1.807, 2.05) is 24.3 Å². The summed E-state index contributed by atoms with van der Waals surface area (Å²) >= 11 is 1.45. The van der Waals surface area contributed by atoms with Crippen molar-refractivity contribution in [3.05, 3.63) is 45.9 Å². The molecule has 1 saturated heterocycles. The number of nitrogens with zero attached hydrogens (tertiary/aromatic N) is 2. The lowest BCUT2D eigenvalue weighted by atomic mass is 10.2. The van der Waals surface area contributed by atoms with Crippen LogP contribution in [0.4, 0.5) is 5.69 Å². The van der Waals surface area contributed by atoms with Crippen molar-refractivity contribution in [1.29, 1.82) is 0 Å². The van der Waals surface area contributed by atoms with Crippen LogP contribution in [-0.2, 0) is 17.8 Å². The molecular weight excluding hydrogens is 324 g/mol. The van der Waals surface area contributed by atoms with Crippen molar-refractivity contribution in [3.63, 3.8) is 0 Å². The molecule has 2 heterocycles. The van der Waals surface area contributed by atoms with Crippen molar-refractivity contribution in [2.75, 3.05) is 18.0 Å². The van der Waals surface area contributed by atoms with E-state index in [2.05, 4.69) is 10.3 Å². The van der Waals surface area contributed by atoms with Gasteiger partial charge < -0.3 is 16.0 Å². The molecule has 1 aliphatic heterocycles. The fourth-order valence-electron chi connectivity index (χ4n) is 2.64. The predicted molar refractivity (Wildman–Crippen MR) is 94.1 cm³/mol. The van der Waals surface area contributed by atoms with Gasteiger partial charge in [0, 0.05) is 37.0 Å². The molecule has 0 atom stereocenters. The Morgan fingerprint density at radius 3 is 2.79 bits per heavy atom. The number of hydrogen-bond donors (Lipinski definition) is 2. The molecule has 3 rings (SSSR count). The Morgan fingerprint density at radius 2 is 2.12 bits per heavy atom. The Labute approximate surface area is 144 Å². The Balaban J connectivity index is 1.56. The molecule has 7 heteroatoms. The third kappa shape index (κ3) is 3.80. The number of benzene rings is 1. The number of carbonyl (C=O) groups excluding carboxylic acids is 2. The Kier molecular flexibility index (Phi) is 5.22. The zero-order valence-corrected chi connectivity index (χ0v) is 14.1. The van der Waals surface area contributed by atoms with Crippen LogP contribution in [0, 0.1) is 0 Å². The van der Waals surface area contributed by atoms with Crippen molar-refractivity contribution in [1.82, 2.24) is 10.3 Å². The Bertz CT molecular complexity index is 726. The maximum absolute atomic E-state index is 12.1. The lowest BCUT2D eigenvalue weighted by Gasteiger charge is -2.16. The van der Waals surface area contributed by atoms with E-state index in [9.17, 15) is 9.59 Å². The van der Waals surface area contributed by atoms with Crippen LogP contribution in [0.5, 0.6) is 0 Å². The third-order valence-corrected chi connectivity index (χ3v) is 4.83. The summed E-state index contributed by atoms with van der Waals surface area (Å²) in [7, 11) is 0. The molecule has 24 heavy (non-hydrogen) atoms. The highest BCUT2D eigenvalue weighted by Crippen LogP contribution is 2.21. The summed E-state index contributed by atoms with van der Waals surface area (Å²) < 4.78 is 0. The summed E-state index contributed by atoms with van der Waals surface area (Å²) in [6.07, 6.45) is 2.22. The van der Waals surface area contributed by atoms with Gasteiger partial charge in [-0.3, -0.25) is 9.59 Å². The maximum atomic E-state index is 12.1. The SMILES string of the molecule is NCCc1nc(C(=O)NCc2ccc(N3CCCC3=O)cc2)cs1. The number of anilines is 1. The lowest BCUT2D eigenvalue weighted by molar-refractivity contribution is -0.117. The van der Waals surface area contributed by atoms with Crippen LogP contribution in [0.1, 0.15) is 33.9 Å². The van der Waals surface area contributed by atoms with Crippen LogP contribution in [0.3, 0.4) is 0 Å². The molecule has 1 aliphatic rings. The highest BCUT2D eigenvalue weighted by atomic mass is 32.1. The molecule has 0 saturated carbocycles. The summed E-state index contributed by atoms with van der Waals surface area (Å²) in [6, 6.07) is 7.71. The van der Waals surface area contributed by atoms with Crippen molar-refractivity contribution in [2.24, 2.45) is 5.73 Å². The average molecular weight is 344 g/mol. The van der Waals surface area contributed by atoms with E-state index >= 15 is 0 Å². The van der Waals surface area contributed by atoms with Gasteiger partial charge in [0.15, 0.2) is 0 Å². The van der Waals surface area contributed by atoms with Gasteiger partial charge in [0.2, 0.25) is 5.91 Å². The summed E-state index contributed by atoms with van der Waals surface area (Å²) in [4.78, 5) is 29.9. The van der Waals surface area contributed by atoms with E-state index in [0.29, 0.717) is 31.6 Å². The number of rotatable bonds is 6. The number of thiazole rings is 1. The first-order valence-electron chi connectivity index (χ1n) is 7.99. The molecule has 1 aromatic carbocycles. The normalized spacial score (nSPS) is 14.2. The highest BCUT2D eigenvalue weighted by Gasteiger charge is 2.21. The first kappa shape index (κ1) is 16.6. The van der Waals surface area contributed by atoms with E-state index in [0.717, 1.165) is 29.2 Å². The second-order valence-electron chi connectivity index (χ2n) is 5.66. The van der Waals surface area contributed by atoms with Crippen LogP contribution < -0.4 is 16.0 Å². The van der Waals surface area contributed by atoms with Gasteiger partial charge >= 0.3 is 0 Å². The molecule has 2 amide bonds. The molecule has 6 nitrogen and oxygen atoms in total.